The number of tetrazole rings is 1. The molecule has 33 heavy (non-hydrogen) atoms. The van der Waals surface area contributed by atoms with Crippen LogP contribution in [-0.2, 0) is 0 Å². The fraction of sp³-hybridized carbons (Fsp3) is 0.391. The van der Waals surface area contributed by atoms with E-state index in [1.165, 1.54) is 0 Å². The molecule has 1 aliphatic heterocycles. The number of ether oxygens (including phenoxy) is 3. The lowest BCUT2D eigenvalue weighted by molar-refractivity contribution is 0.0856. The van der Waals surface area contributed by atoms with Gasteiger partial charge in [-0.2, -0.15) is 0 Å². The summed E-state index contributed by atoms with van der Waals surface area (Å²) in [5.74, 6) is 1.93. The summed E-state index contributed by atoms with van der Waals surface area (Å²) >= 11 is 0. The molecule has 2 heterocycles. The molecule has 2 aromatic carbocycles. The van der Waals surface area contributed by atoms with Gasteiger partial charge in [-0.25, -0.2) is 5.10 Å². The number of aromatic amines is 1. The minimum Gasteiger partial charge on any atom is -0.494 e. The number of rotatable bonds is 10. The van der Waals surface area contributed by atoms with Gasteiger partial charge in [0.2, 0.25) is 0 Å². The summed E-state index contributed by atoms with van der Waals surface area (Å²) in [6.07, 6.45) is 2.79. The highest BCUT2D eigenvalue weighted by atomic mass is 16.6. The zero-order valence-electron chi connectivity index (χ0n) is 18.8. The number of amides is 1. The van der Waals surface area contributed by atoms with E-state index in [1.54, 1.807) is 30.3 Å². The summed E-state index contributed by atoms with van der Waals surface area (Å²) in [7, 11) is 4.16. The van der Waals surface area contributed by atoms with Crippen LogP contribution in [0, 0.1) is 0 Å². The van der Waals surface area contributed by atoms with E-state index in [4.69, 9.17) is 14.2 Å². The maximum Gasteiger partial charge on any atom is 0.255 e. The third-order valence-corrected chi connectivity index (χ3v) is 5.18. The first-order chi connectivity index (χ1) is 16.1. The van der Waals surface area contributed by atoms with Gasteiger partial charge < -0.3 is 24.4 Å². The Labute approximate surface area is 192 Å². The number of benzene rings is 2. The summed E-state index contributed by atoms with van der Waals surface area (Å²) in [6, 6.07) is 12.4. The number of hydrogen-bond donors (Lipinski definition) is 2. The number of carbonyl (C=O) groups is 1. The number of carbonyl (C=O) groups excluding carboxylic acids is 1. The topological polar surface area (TPSA) is 114 Å². The lowest BCUT2D eigenvalue weighted by Crippen LogP contribution is -2.24. The van der Waals surface area contributed by atoms with Crippen molar-refractivity contribution in [1.82, 2.24) is 25.5 Å². The van der Waals surface area contributed by atoms with Gasteiger partial charge in [0.1, 0.15) is 12.4 Å². The molecular formula is C23H28N6O4. The summed E-state index contributed by atoms with van der Waals surface area (Å²) in [5, 5.41) is 16.6. The molecule has 1 unspecified atom stereocenters. The number of anilines is 1. The van der Waals surface area contributed by atoms with Gasteiger partial charge in [-0.15, -0.1) is 5.10 Å². The fourth-order valence-corrected chi connectivity index (χ4v) is 3.42. The standard InChI is InChI=1S/C23H28N6O4/c1-29(2)13-4-3-5-14-31-17-11-9-16(10-12-17)23(30)24-18-7-6-8-19-21(18)33-20(15-32-19)22-25-27-28-26-22/h6-12,20H,3-5,13-15H2,1-2H3,(H,24,30)(H,25,26,27,28). The Morgan fingerprint density at radius 3 is 2.79 bits per heavy atom. The molecule has 0 saturated carbocycles. The van der Waals surface area contributed by atoms with Gasteiger partial charge >= 0.3 is 0 Å². The van der Waals surface area contributed by atoms with Gasteiger partial charge in [-0.3, -0.25) is 4.79 Å². The Morgan fingerprint density at radius 1 is 1.18 bits per heavy atom. The number of unbranched alkanes of at least 4 members (excludes halogenated alkanes) is 2. The number of nitrogens with one attached hydrogen (secondary N) is 2. The first kappa shape index (κ1) is 22.5. The van der Waals surface area contributed by atoms with E-state index in [0.29, 0.717) is 35.2 Å². The van der Waals surface area contributed by atoms with Crippen LogP contribution in [-0.4, -0.2) is 65.3 Å². The zero-order valence-corrected chi connectivity index (χ0v) is 18.8. The minimum absolute atomic E-state index is 0.259. The van der Waals surface area contributed by atoms with Crippen molar-refractivity contribution in [2.75, 3.05) is 39.2 Å². The molecule has 1 amide bonds. The van der Waals surface area contributed by atoms with Crippen molar-refractivity contribution in [1.29, 1.82) is 0 Å². The van der Waals surface area contributed by atoms with Crippen molar-refractivity contribution in [2.45, 2.75) is 25.4 Å². The first-order valence-corrected chi connectivity index (χ1v) is 10.9. The Hall–Kier alpha value is -3.66. The lowest BCUT2D eigenvalue weighted by Gasteiger charge is -2.26. The summed E-state index contributed by atoms with van der Waals surface area (Å²) < 4.78 is 17.6. The highest BCUT2D eigenvalue weighted by Crippen LogP contribution is 2.41. The summed E-state index contributed by atoms with van der Waals surface area (Å²) in [6.45, 7) is 2.01. The average molecular weight is 453 g/mol. The van der Waals surface area contributed by atoms with E-state index in [1.807, 2.05) is 12.1 Å². The lowest BCUT2D eigenvalue weighted by atomic mass is 10.2. The number of aromatic nitrogens is 4. The minimum atomic E-state index is -0.495. The molecule has 1 atom stereocenters. The van der Waals surface area contributed by atoms with Gasteiger partial charge in [0.05, 0.1) is 12.3 Å². The number of hydrogen-bond acceptors (Lipinski definition) is 8. The molecule has 0 radical (unpaired) electrons. The molecule has 0 fully saturated rings. The van der Waals surface area contributed by atoms with Crippen LogP contribution in [0.5, 0.6) is 17.2 Å². The second-order valence-electron chi connectivity index (χ2n) is 8.03. The van der Waals surface area contributed by atoms with Crippen molar-refractivity contribution in [3.63, 3.8) is 0 Å². The molecule has 1 aliphatic rings. The third-order valence-electron chi connectivity index (χ3n) is 5.18. The van der Waals surface area contributed by atoms with Crippen LogP contribution in [0.15, 0.2) is 42.5 Å². The SMILES string of the molecule is CN(C)CCCCCOc1ccc(C(=O)Nc2cccc3c2OC(c2nnn[nH]2)CO3)cc1. The van der Waals surface area contributed by atoms with Gasteiger partial charge in [0.25, 0.3) is 5.91 Å². The van der Waals surface area contributed by atoms with Crippen molar-refractivity contribution < 1.29 is 19.0 Å². The van der Waals surface area contributed by atoms with E-state index < -0.39 is 6.10 Å². The van der Waals surface area contributed by atoms with Crippen LogP contribution >= 0.6 is 0 Å². The molecule has 4 rings (SSSR count). The number of fused-ring (bicyclic) bond motifs is 1. The van der Waals surface area contributed by atoms with E-state index in [2.05, 4.69) is 44.9 Å². The Kier molecular flexibility index (Phi) is 7.36. The molecule has 10 heteroatoms. The monoisotopic (exact) mass is 452 g/mol. The van der Waals surface area contributed by atoms with Crippen LogP contribution in [0.4, 0.5) is 5.69 Å². The Bertz CT molecular complexity index is 1040. The fourth-order valence-electron chi connectivity index (χ4n) is 3.42. The highest BCUT2D eigenvalue weighted by Gasteiger charge is 2.28. The van der Waals surface area contributed by atoms with E-state index in [0.717, 1.165) is 31.6 Å². The molecule has 0 spiro atoms. The predicted molar refractivity (Wildman–Crippen MR) is 122 cm³/mol. The molecule has 10 nitrogen and oxygen atoms in total. The van der Waals surface area contributed by atoms with E-state index in [9.17, 15) is 4.79 Å². The molecule has 3 aromatic rings. The molecule has 0 bridgehead atoms. The number of nitrogens with zero attached hydrogens (tertiary/aromatic N) is 4. The van der Waals surface area contributed by atoms with Crippen LogP contribution in [0.25, 0.3) is 0 Å². The maximum atomic E-state index is 12.8. The summed E-state index contributed by atoms with van der Waals surface area (Å²) in [5.41, 5.74) is 1.02. The third kappa shape index (κ3) is 5.98. The van der Waals surface area contributed by atoms with Crippen molar-refractivity contribution in [3.05, 3.63) is 53.9 Å². The van der Waals surface area contributed by atoms with Gasteiger partial charge in [0, 0.05) is 5.56 Å². The van der Waals surface area contributed by atoms with Crippen LogP contribution in [0.3, 0.4) is 0 Å². The molecule has 0 saturated heterocycles. The molecule has 174 valence electrons. The highest BCUT2D eigenvalue weighted by molar-refractivity contribution is 6.05. The zero-order chi connectivity index (χ0) is 23.0. The van der Waals surface area contributed by atoms with E-state index >= 15 is 0 Å². The summed E-state index contributed by atoms with van der Waals surface area (Å²) in [4.78, 5) is 15.0. The Morgan fingerprint density at radius 2 is 2.03 bits per heavy atom. The van der Waals surface area contributed by atoms with E-state index in [-0.39, 0.29) is 12.5 Å². The quantitative estimate of drug-likeness (QED) is 0.451. The molecule has 0 aliphatic carbocycles. The Balaban J connectivity index is 1.33. The van der Waals surface area contributed by atoms with Crippen molar-refractivity contribution in [2.24, 2.45) is 0 Å². The van der Waals surface area contributed by atoms with Gasteiger partial charge in [-0.05, 0) is 86.7 Å². The molecular weight excluding hydrogens is 424 g/mol. The van der Waals surface area contributed by atoms with Crippen LogP contribution < -0.4 is 19.5 Å². The van der Waals surface area contributed by atoms with Crippen LogP contribution in [0.1, 0.15) is 41.5 Å². The maximum absolute atomic E-state index is 12.8. The second-order valence-corrected chi connectivity index (χ2v) is 8.03. The average Bonchev–Trinajstić information content (AvgIpc) is 3.36. The van der Waals surface area contributed by atoms with Crippen LogP contribution in [0.2, 0.25) is 0 Å². The smallest absolute Gasteiger partial charge is 0.255 e. The largest absolute Gasteiger partial charge is 0.494 e. The normalized spacial score (nSPS) is 14.8. The number of para-hydroxylation sites is 1. The van der Waals surface area contributed by atoms with Crippen molar-refractivity contribution in [3.8, 4) is 17.2 Å². The second kappa shape index (κ2) is 10.8. The number of H-pyrrole nitrogens is 1. The van der Waals surface area contributed by atoms with Crippen molar-refractivity contribution >= 4 is 11.6 Å². The molecule has 2 N–H and O–H groups in total. The predicted octanol–water partition coefficient (Wildman–Crippen LogP) is 3.08. The van der Waals surface area contributed by atoms with Gasteiger partial charge in [0.15, 0.2) is 23.4 Å². The first-order valence-electron chi connectivity index (χ1n) is 10.9. The van der Waals surface area contributed by atoms with Gasteiger partial charge in [-0.1, -0.05) is 6.07 Å². The molecule has 1 aromatic heterocycles.